The summed E-state index contributed by atoms with van der Waals surface area (Å²) >= 11 is 0. The second-order valence-electron chi connectivity index (χ2n) is 11.5. The number of ether oxygens (including phenoxy) is 1. The Morgan fingerprint density at radius 1 is 0.933 bits per heavy atom. The zero-order valence-corrected chi connectivity index (χ0v) is 26.5. The lowest BCUT2D eigenvalue weighted by Gasteiger charge is -2.42. The van der Waals surface area contributed by atoms with Crippen LogP contribution >= 0.6 is 0 Å². The van der Waals surface area contributed by atoms with E-state index in [2.05, 4.69) is 12.2 Å². The fourth-order valence-corrected chi connectivity index (χ4v) is 5.66. The number of hydrogen-bond acceptors (Lipinski definition) is 6. The van der Waals surface area contributed by atoms with Gasteiger partial charge in [-0.3, -0.25) is 19.2 Å². The molecule has 0 spiro atoms. The van der Waals surface area contributed by atoms with E-state index in [1.165, 1.54) is 12.0 Å². The zero-order valence-electron chi connectivity index (χ0n) is 26.5. The second kappa shape index (κ2) is 15.5. The number of benzene rings is 3. The predicted molar refractivity (Wildman–Crippen MR) is 173 cm³/mol. The van der Waals surface area contributed by atoms with Crippen LogP contribution in [0.4, 0.5) is 0 Å². The number of likely N-dealkylation sites (N-methyl/N-ethyl adjacent to an activating group) is 1. The molecule has 3 N–H and O–H groups in total. The molecule has 0 aromatic heterocycles. The van der Waals surface area contributed by atoms with Crippen LogP contribution in [0.5, 0.6) is 0 Å². The van der Waals surface area contributed by atoms with E-state index < -0.39 is 17.9 Å². The van der Waals surface area contributed by atoms with Crippen molar-refractivity contribution >= 4 is 23.6 Å². The molecule has 4 amide bonds. The highest BCUT2D eigenvalue weighted by molar-refractivity contribution is 6.01. The van der Waals surface area contributed by atoms with Crippen molar-refractivity contribution in [2.24, 2.45) is 5.73 Å². The van der Waals surface area contributed by atoms with E-state index in [1.54, 1.807) is 35.2 Å². The van der Waals surface area contributed by atoms with Crippen LogP contribution in [0.3, 0.4) is 0 Å². The number of methoxy groups -OCH3 is 1. The maximum atomic E-state index is 14.1. The fraction of sp³-hybridized carbons (Fsp3) is 0.371. The van der Waals surface area contributed by atoms with Crippen LogP contribution in [0, 0.1) is 0 Å². The lowest BCUT2D eigenvalue weighted by Crippen LogP contribution is -2.47. The second-order valence-corrected chi connectivity index (χ2v) is 11.5. The summed E-state index contributed by atoms with van der Waals surface area (Å²) in [5, 5.41) is 3.10. The molecule has 1 aliphatic heterocycles. The van der Waals surface area contributed by atoms with Gasteiger partial charge in [0.25, 0.3) is 11.8 Å². The summed E-state index contributed by atoms with van der Waals surface area (Å²) < 4.78 is 5.08. The number of aryl methyl sites for hydroxylation is 1. The van der Waals surface area contributed by atoms with E-state index in [0.717, 1.165) is 23.1 Å². The number of carbonyl (C=O) groups excluding carboxylic acids is 4. The maximum Gasteiger partial charge on any atom is 0.255 e. The van der Waals surface area contributed by atoms with Crippen LogP contribution < -0.4 is 11.1 Å². The zero-order chi connectivity index (χ0) is 32.5. The average Bonchev–Trinajstić information content (AvgIpc) is 3.03. The highest BCUT2D eigenvalue weighted by Gasteiger charge is 2.44. The molecular formula is C35H43N5O5. The van der Waals surface area contributed by atoms with Gasteiger partial charge in [-0.05, 0) is 61.0 Å². The van der Waals surface area contributed by atoms with E-state index in [-0.39, 0.29) is 44.0 Å². The van der Waals surface area contributed by atoms with Crippen molar-refractivity contribution in [2.75, 3.05) is 54.0 Å². The third-order valence-electron chi connectivity index (χ3n) is 8.06. The maximum absolute atomic E-state index is 14.1. The molecule has 10 nitrogen and oxygen atoms in total. The molecule has 1 heterocycles. The van der Waals surface area contributed by atoms with Gasteiger partial charge in [-0.2, -0.15) is 0 Å². The number of nitrogens with zero attached hydrogens (tertiary/aromatic N) is 3. The van der Waals surface area contributed by atoms with Gasteiger partial charge >= 0.3 is 0 Å². The van der Waals surface area contributed by atoms with Crippen molar-refractivity contribution in [1.82, 2.24) is 20.0 Å². The molecule has 0 saturated heterocycles. The Labute approximate surface area is 265 Å². The van der Waals surface area contributed by atoms with E-state index in [1.807, 2.05) is 61.5 Å². The molecule has 2 unspecified atom stereocenters. The summed E-state index contributed by atoms with van der Waals surface area (Å²) in [5.41, 5.74) is 9.78. The SMILES string of the molecule is CCc1ccc(C2C(C(=O)NCCN(C)C)c3ccccc3C(=O)N2Cc2ccc(C(=O)N(CCOC)CC(N)=O)cc2)cc1. The number of nitrogens with two attached hydrogens (primary N) is 1. The number of hydrogen-bond donors (Lipinski definition) is 2. The molecule has 1 aliphatic rings. The smallest absolute Gasteiger partial charge is 0.255 e. The standard InChI is InChI=1S/C35H43N5O5/c1-5-24-10-14-26(15-11-24)32-31(33(42)37-18-19-38(2)3)28-8-6-7-9-29(28)35(44)40(32)22-25-12-16-27(17-13-25)34(43)39(20-21-45-4)23-30(36)41/h6-17,31-32H,5,18-23H2,1-4H3,(H2,36,41)(H,37,42). The van der Waals surface area contributed by atoms with Crippen molar-refractivity contribution in [1.29, 1.82) is 0 Å². The third-order valence-corrected chi connectivity index (χ3v) is 8.06. The Balaban J connectivity index is 1.70. The highest BCUT2D eigenvalue weighted by atomic mass is 16.5. The summed E-state index contributed by atoms with van der Waals surface area (Å²) in [6.45, 7) is 3.74. The number of primary amides is 1. The van der Waals surface area contributed by atoms with Crippen molar-refractivity contribution in [3.8, 4) is 0 Å². The van der Waals surface area contributed by atoms with Crippen molar-refractivity contribution < 1.29 is 23.9 Å². The van der Waals surface area contributed by atoms with Gasteiger partial charge in [0.1, 0.15) is 0 Å². The van der Waals surface area contributed by atoms with E-state index >= 15 is 0 Å². The first-order chi connectivity index (χ1) is 21.6. The van der Waals surface area contributed by atoms with Gasteiger partial charge in [0.2, 0.25) is 11.8 Å². The molecule has 0 aliphatic carbocycles. The molecule has 2 atom stereocenters. The number of amides is 4. The van der Waals surface area contributed by atoms with Crippen LogP contribution in [0.15, 0.2) is 72.8 Å². The molecule has 45 heavy (non-hydrogen) atoms. The van der Waals surface area contributed by atoms with Crippen LogP contribution in [0.2, 0.25) is 0 Å². The Kier molecular flexibility index (Phi) is 11.5. The number of carbonyl (C=O) groups is 4. The molecule has 0 saturated carbocycles. The lowest BCUT2D eigenvalue weighted by atomic mass is 9.78. The molecule has 3 aromatic carbocycles. The molecule has 0 bridgehead atoms. The minimum atomic E-state index is -0.627. The first-order valence-corrected chi connectivity index (χ1v) is 15.2. The van der Waals surface area contributed by atoms with Gasteiger partial charge < -0.3 is 30.5 Å². The molecule has 0 fully saturated rings. The third kappa shape index (κ3) is 8.14. The minimum Gasteiger partial charge on any atom is -0.383 e. The number of fused-ring (bicyclic) bond motifs is 1. The Hall–Kier alpha value is -4.54. The van der Waals surface area contributed by atoms with Crippen LogP contribution in [0.1, 0.15) is 61.9 Å². The van der Waals surface area contributed by atoms with Gasteiger partial charge in [-0.15, -0.1) is 0 Å². The van der Waals surface area contributed by atoms with E-state index in [4.69, 9.17) is 10.5 Å². The van der Waals surface area contributed by atoms with Gasteiger partial charge in [0, 0.05) is 44.4 Å². The van der Waals surface area contributed by atoms with Crippen LogP contribution in [0.25, 0.3) is 0 Å². The van der Waals surface area contributed by atoms with Crippen LogP contribution in [-0.2, 0) is 27.3 Å². The monoisotopic (exact) mass is 613 g/mol. The van der Waals surface area contributed by atoms with Crippen LogP contribution in [-0.4, -0.2) is 92.3 Å². The average molecular weight is 614 g/mol. The number of rotatable bonds is 14. The molecule has 0 radical (unpaired) electrons. The highest BCUT2D eigenvalue weighted by Crippen LogP contribution is 2.43. The first-order valence-electron chi connectivity index (χ1n) is 15.2. The summed E-state index contributed by atoms with van der Waals surface area (Å²) in [6, 6.07) is 21.8. The van der Waals surface area contributed by atoms with Crippen molar-refractivity contribution in [3.63, 3.8) is 0 Å². The van der Waals surface area contributed by atoms with Crippen molar-refractivity contribution in [2.45, 2.75) is 31.8 Å². The van der Waals surface area contributed by atoms with Gasteiger partial charge in [0.05, 0.1) is 25.1 Å². The van der Waals surface area contributed by atoms with E-state index in [9.17, 15) is 19.2 Å². The Morgan fingerprint density at radius 2 is 1.60 bits per heavy atom. The summed E-state index contributed by atoms with van der Waals surface area (Å²) in [5.74, 6) is -1.89. The summed E-state index contributed by atoms with van der Waals surface area (Å²) in [6.07, 6.45) is 0.873. The topological polar surface area (TPSA) is 125 Å². The lowest BCUT2D eigenvalue weighted by molar-refractivity contribution is -0.124. The summed E-state index contributed by atoms with van der Waals surface area (Å²) in [4.78, 5) is 57.9. The quantitative estimate of drug-likeness (QED) is 0.288. The largest absolute Gasteiger partial charge is 0.383 e. The van der Waals surface area contributed by atoms with Gasteiger partial charge in [0.15, 0.2) is 0 Å². The number of nitrogens with one attached hydrogen (secondary N) is 1. The molecule has 4 rings (SSSR count). The minimum absolute atomic E-state index is 0.141. The predicted octanol–water partition coefficient (Wildman–Crippen LogP) is 2.98. The Morgan fingerprint density at radius 3 is 2.22 bits per heavy atom. The van der Waals surface area contributed by atoms with Gasteiger partial charge in [-0.1, -0.05) is 61.5 Å². The molecule has 238 valence electrons. The molecule has 3 aromatic rings. The van der Waals surface area contributed by atoms with Gasteiger partial charge in [-0.25, -0.2) is 0 Å². The first kappa shape index (κ1) is 33.4. The normalized spacial score (nSPS) is 15.9. The van der Waals surface area contributed by atoms with Crippen molar-refractivity contribution in [3.05, 3.63) is 106 Å². The summed E-state index contributed by atoms with van der Waals surface area (Å²) in [7, 11) is 5.42. The fourth-order valence-electron chi connectivity index (χ4n) is 5.66. The molecular weight excluding hydrogens is 570 g/mol. The molecule has 10 heteroatoms. The Bertz CT molecular complexity index is 1490. The van der Waals surface area contributed by atoms with E-state index in [0.29, 0.717) is 29.8 Å².